The second-order valence-corrected chi connectivity index (χ2v) is 7.30. The Kier molecular flexibility index (Phi) is 4.53. The average molecular weight is 341 g/mol. The van der Waals surface area contributed by atoms with Gasteiger partial charge in [0.1, 0.15) is 11.3 Å². The summed E-state index contributed by atoms with van der Waals surface area (Å²) in [7, 11) is -0.934. The molecule has 24 heavy (non-hydrogen) atoms. The number of amides is 1. The van der Waals surface area contributed by atoms with Gasteiger partial charge in [0.05, 0.1) is 0 Å². The van der Waals surface area contributed by atoms with Crippen molar-refractivity contribution >= 4 is 33.4 Å². The minimum absolute atomic E-state index is 0.184. The van der Waals surface area contributed by atoms with E-state index in [4.69, 9.17) is 4.42 Å². The summed E-state index contributed by atoms with van der Waals surface area (Å²) < 4.78 is 17.0. The normalized spacial score (nSPS) is 12.3. The van der Waals surface area contributed by atoms with Gasteiger partial charge >= 0.3 is 0 Å². The SMILES string of the molecule is Cc1oc2ccc(NC(=O)c3cccc(CS(C)=O)c3)cc2c1C. The molecule has 2 aromatic carbocycles. The second-order valence-electron chi connectivity index (χ2n) is 5.87. The van der Waals surface area contributed by atoms with Crippen LogP contribution in [0.5, 0.6) is 0 Å². The van der Waals surface area contributed by atoms with Crippen molar-refractivity contribution in [1.29, 1.82) is 0 Å². The van der Waals surface area contributed by atoms with E-state index < -0.39 is 10.8 Å². The molecule has 4 nitrogen and oxygen atoms in total. The summed E-state index contributed by atoms with van der Waals surface area (Å²) in [6, 6.07) is 12.8. The van der Waals surface area contributed by atoms with Crippen LogP contribution in [0.1, 0.15) is 27.2 Å². The minimum Gasteiger partial charge on any atom is -0.461 e. The highest BCUT2D eigenvalue weighted by atomic mass is 32.2. The Balaban J connectivity index is 1.84. The van der Waals surface area contributed by atoms with Crippen LogP contribution < -0.4 is 5.32 Å². The first kappa shape index (κ1) is 16.5. The highest BCUT2D eigenvalue weighted by Crippen LogP contribution is 2.27. The van der Waals surface area contributed by atoms with Crippen molar-refractivity contribution in [1.82, 2.24) is 0 Å². The fourth-order valence-electron chi connectivity index (χ4n) is 2.66. The van der Waals surface area contributed by atoms with E-state index in [1.54, 1.807) is 18.4 Å². The molecule has 1 amide bonds. The number of aryl methyl sites for hydroxylation is 2. The molecule has 1 unspecified atom stereocenters. The molecule has 0 spiro atoms. The first-order chi connectivity index (χ1) is 11.4. The zero-order chi connectivity index (χ0) is 17.3. The zero-order valence-corrected chi connectivity index (χ0v) is 14.7. The molecule has 0 aliphatic heterocycles. The number of anilines is 1. The van der Waals surface area contributed by atoms with E-state index in [2.05, 4.69) is 5.32 Å². The summed E-state index contributed by atoms with van der Waals surface area (Å²) in [6.07, 6.45) is 1.65. The third-order valence-electron chi connectivity index (χ3n) is 3.99. The first-order valence-electron chi connectivity index (χ1n) is 7.64. The van der Waals surface area contributed by atoms with Gasteiger partial charge in [-0.15, -0.1) is 0 Å². The molecule has 1 N–H and O–H groups in total. The van der Waals surface area contributed by atoms with Gasteiger partial charge in [-0.1, -0.05) is 12.1 Å². The van der Waals surface area contributed by atoms with Crippen molar-refractivity contribution in [3.8, 4) is 0 Å². The molecular formula is C19H19NO3S. The Morgan fingerprint density at radius 1 is 1.17 bits per heavy atom. The number of rotatable bonds is 4. The van der Waals surface area contributed by atoms with Crippen LogP contribution in [0.15, 0.2) is 46.9 Å². The highest BCUT2D eigenvalue weighted by molar-refractivity contribution is 7.83. The summed E-state index contributed by atoms with van der Waals surface area (Å²) in [5, 5.41) is 3.91. The second kappa shape index (κ2) is 6.61. The van der Waals surface area contributed by atoms with Crippen molar-refractivity contribution in [2.45, 2.75) is 19.6 Å². The van der Waals surface area contributed by atoms with Crippen LogP contribution in [0.2, 0.25) is 0 Å². The Labute approximate surface area is 143 Å². The lowest BCUT2D eigenvalue weighted by Gasteiger charge is -2.07. The number of furan rings is 1. The molecular weight excluding hydrogens is 322 g/mol. The van der Waals surface area contributed by atoms with Crippen LogP contribution in [0, 0.1) is 13.8 Å². The van der Waals surface area contributed by atoms with Crippen molar-refractivity contribution in [3.05, 3.63) is 64.9 Å². The zero-order valence-electron chi connectivity index (χ0n) is 13.9. The van der Waals surface area contributed by atoms with Crippen LogP contribution in [0.4, 0.5) is 5.69 Å². The molecule has 0 saturated carbocycles. The molecule has 3 aromatic rings. The van der Waals surface area contributed by atoms with E-state index in [0.717, 1.165) is 33.5 Å². The maximum absolute atomic E-state index is 12.5. The molecule has 0 fully saturated rings. The molecule has 0 saturated heterocycles. The molecule has 0 radical (unpaired) electrons. The maximum atomic E-state index is 12.5. The monoisotopic (exact) mass is 341 g/mol. The van der Waals surface area contributed by atoms with Crippen LogP contribution in [0.25, 0.3) is 11.0 Å². The number of hydrogen-bond acceptors (Lipinski definition) is 3. The third kappa shape index (κ3) is 3.41. The van der Waals surface area contributed by atoms with Gasteiger partial charge in [-0.05, 0) is 55.3 Å². The Morgan fingerprint density at radius 2 is 1.96 bits per heavy atom. The van der Waals surface area contributed by atoms with Gasteiger partial charge in [0.25, 0.3) is 5.91 Å². The number of carbonyl (C=O) groups is 1. The number of carbonyl (C=O) groups excluding carboxylic acids is 1. The van der Waals surface area contributed by atoms with E-state index in [0.29, 0.717) is 11.3 Å². The summed E-state index contributed by atoms with van der Waals surface area (Å²) >= 11 is 0. The molecule has 0 aliphatic carbocycles. The number of fused-ring (bicyclic) bond motifs is 1. The summed E-state index contributed by atoms with van der Waals surface area (Å²) in [4.78, 5) is 12.5. The average Bonchev–Trinajstić information content (AvgIpc) is 2.82. The van der Waals surface area contributed by atoms with Crippen molar-refractivity contribution in [2.75, 3.05) is 11.6 Å². The van der Waals surface area contributed by atoms with Crippen molar-refractivity contribution < 1.29 is 13.4 Å². The minimum atomic E-state index is -0.934. The van der Waals surface area contributed by atoms with Crippen molar-refractivity contribution in [2.24, 2.45) is 0 Å². The van der Waals surface area contributed by atoms with Crippen LogP contribution in [-0.4, -0.2) is 16.4 Å². The predicted octanol–water partition coefficient (Wildman–Crippen LogP) is 4.18. The van der Waals surface area contributed by atoms with E-state index in [9.17, 15) is 9.00 Å². The third-order valence-corrected chi connectivity index (χ3v) is 4.73. The molecule has 1 heterocycles. The van der Waals surface area contributed by atoms with Gasteiger partial charge < -0.3 is 9.73 Å². The van der Waals surface area contributed by atoms with Gasteiger partial charge in [0, 0.05) is 39.4 Å². The van der Waals surface area contributed by atoms with Crippen LogP contribution >= 0.6 is 0 Å². The molecule has 0 bridgehead atoms. The van der Waals surface area contributed by atoms with Gasteiger partial charge in [-0.2, -0.15) is 0 Å². The predicted molar refractivity (Wildman–Crippen MR) is 97.9 cm³/mol. The Hall–Kier alpha value is -2.40. The fourth-order valence-corrected chi connectivity index (χ4v) is 3.31. The smallest absolute Gasteiger partial charge is 0.255 e. The molecule has 5 heteroatoms. The molecule has 0 aliphatic rings. The Bertz CT molecular complexity index is 943. The first-order valence-corrected chi connectivity index (χ1v) is 9.37. The quantitative estimate of drug-likeness (QED) is 0.774. The van der Waals surface area contributed by atoms with Gasteiger partial charge in [0.2, 0.25) is 0 Å². The molecule has 124 valence electrons. The van der Waals surface area contributed by atoms with E-state index >= 15 is 0 Å². The number of hydrogen-bond donors (Lipinski definition) is 1. The molecule has 1 aromatic heterocycles. The molecule has 3 rings (SSSR count). The van der Waals surface area contributed by atoms with E-state index in [1.807, 2.05) is 44.2 Å². The molecule has 1 atom stereocenters. The van der Waals surface area contributed by atoms with E-state index in [-0.39, 0.29) is 5.91 Å². The summed E-state index contributed by atoms with van der Waals surface area (Å²) in [6.45, 7) is 3.93. The van der Waals surface area contributed by atoms with Gasteiger partial charge in [-0.25, -0.2) is 0 Å². The van der Waals surface area contributed by atoms with E-state index in [1.165, 1.54) is 0 Å². The summed E-state index contributed by atoms with van der Waals surface area (Å²) in [5.41, 5.74) is 4.06. The standard InChI is InChI=1S/C19H19NO3S/c1-12-13(2)23-18-8-7-16(10-17(12)18)20-19(21)15-6-4-5-14(9-15)11-24(3)22/h4-10H,11H2,1-3H3,(H,20,21). The largest absolute Gasteiger partial charge is 0.461 e. The van der Waals surface area contributed by atoms with Gasteiger partial charge in [-0.3, -0.25) is 9.00 Å². The van der Waals surface area contributed by atoms with Crippen LogP contribution in [-0.2, 0) is 16.6 Å². The van der Waals surface area contributed by atoms with Crippen molar-refractivity contribution in [3.63, 3.8) is 0 Å². The van der Waals surface area contributed by atoms with Gasteiger partial charge in [0.15, 0.2) is 0 Å². The highest BCUT2D eigenvalue weighted by Gasteiger charge is 2.11. The lowest BCUT2D eigenvalue weighted by molar-refractivity contribution is 0.102. The maximum Gasteiger partial charge on any atom is 0.255 e. The summed E-state index contributed by atoms with van der Waals surface area (Å²) in [5.74, 6) is 1.14. The lowest BCUT2D eigenvalue weighted by Crippen LogP contribution is -2.12. The lowest BCUT2D eigenvalue weighted by atomic mass is 10.1. The van der Waals surface area contributed by atoms with Crippen LogP contribution in [0.3, 0.4) is 0 Å². The number of nitrogens with one attached hydrogen (secondary N) is 1. The number of benzene rings is 2. The topological polar surface area (TPSA) is 59.3 Å². The Morgan fingerprint density at radius 3 is 2.71 bits per heavy atom. The fraction of sp³-hybridized carbons (Fsp3) is 0.211.